The molecule has 0 fully saturated rings. The van der Waals surface area contributed by atoms with Gasteiger partial charge in [0, 0.05) is 6.07 Å². The molecular weight excluding hydrogens is 500 g/mol. The number of carbonyl (C=O) groups is 1. The van der Waals surface area contributed by atoms with Crippen molar-refractivity contribution in [2.75, 3.05) is 19.8 Å². The van der Waals surface area contributed by atoms with Crippen LogP contribution in [0.4, 0.5) is 0 Å². The van der Waals surface area contributed by atoms with Crippen LogP contribution in [-0.2, 0) is 0 Å². The third-order valence-corrected chi connectivity index (χ3v) is 5.83. The van der Waals surface area contributed by atoms with Crippen LogP contribution in [0, 0.1) is 0 Å². The van der Waals surface area contributed by atoms with Crippen LogP contribution in [0.25, 0.3) is 11.0 Å². The lowest BCUT2D eigenvalue weighted by Gasteiger charge is -2.16. The van der Waals surface area contributed by atoms with Gasteiger partial charge < -0.3 is 28.1 Å². The standard InChI is InChI=1S/C31H32O8/c1-6-34-26-15-20(16-27(35-7-2)30(26)36-8-3)31(33)38-21-13-14-23-25(17-21)37-18-28(29(23)32)39-24-12-10-9-11-22(24)19(4)5/h9-19H,6-8H2,1-5H3. The summed E-state index contributed by atoms with van der Waals surface area (Å²) in [5.41, 5.74) is 1.13. The molecular formula is C31H32O8. The predicted octanol–water partition coefficient (Wildman–Crippen LogP) is 7.12. The van der Waals surface area contributed by atoms with E-state index in [0.717, 1.165) is 5.56 Å². The average molecular weight is 533 g/mol. The van der Waals surface area contributed by atoms with E-state index in [9.17, 15) is 9.59 Å². The number of benzene rings is 3. The molecule has 0 aliphatic carbocycles. The van der Waals surface area contributed by atoms with Crippen molar-refractivity contribution in [3.63, 3.8) is 0 Å². The van der Waals surface area contributed by atoms with Crippen molar-refractivity contribution < 1.29 is 32.9 Å². The molecule has 4 aromatic rings. The smallest absolute Gasteiger partial charge is 0.343 e. The van der Waals surface area contributed by atoms with Gasteiger partial charge in [0.05, 0.1) is 30.8 Å². The molecule has 0 unspecified atom stereocenters. The van der Waals surface area contributed by atoms with Crippen LogP contribution in [0.3, 0.4) is 0 Å². The van der Waals surface area contributed by atoms with Gasteiger partial charge in [-0.1, -0.05) is 32.0 Å². The van der Waals surface area contributed by atoms with E-state index < -0.39 is 5.97 Å². The summed E-state index contributed by atoms with van der Waals surface area (Å²) in [4.78, 5) is 26.2. The Morgan fingerprint density at radius 1 is 0.821 bits per heavy atom. The number of para-hydroxylation sites is 1. The van der Waals surface area contributed by atoms with Crippen LogP contribution in [-0.4, -0.2) is 25.8 Å². The van der Waals surface area contributed by atoms with E-state index in [2.05, 4.69) is 13.8 Å². The fourth-order valence-corrected chi connectivity index (χ4v) is 4.07. The number of fused-ring (bicyclic) bond motifs is 1. The summed E-state index contributed by atoms with van der Waals surface area (Å²) in [6, 6.07) is 15.2. The minimum Gasteiger partial charge on any atom is -0.490 e. The summed E-state index contributed by atoms with van der Waals surface area (Å²) in [7, 11) is 0. The summed E-state index contributed by atoms with van der Waals surface area (Å²) in [6.07, 6.45) is 1.27. The van der Waals surface area contributed by atoms with Crippen molar-refractivity contribution in [3.8, 4) is 34.5 Å². The van der Waals surface area contributed by atoms with Gasteiger partial charge in [-0.25, -0.2) is 4.79 Å². The molecule has 0 amide bonds. The van der Waals surface area contributed by atoms with E-state index in [1.165, 1.54) is 18.4 Å². The lowest BCUT2D eigenvalue weighted by molar-refractivity contribution is 0.0733. The molecule has 0 radical (unpaired) electrons. The average Bonchev–Trinajstić information content (AvgIpc) is 2.92. The molecule has 0 bridgehead atoms. The first-order chi connectivity index (χ1) is 18.9. The normalized spacial score (nSPS) is 10.9. The molecule has 204 valence electrons. The summed E-state index contributed by atoms with van der Waals surface area (Å²) < 4.78 is 34.3. The molecule has 3 aromatic carbocycles. The van der Waals surface area contributed by atoms with Gasteiger partial charge in [0.1, 0.15) is 23.3 Å². The Kier molecular flexibility index (Phi) is 8.76. The van der Waals surface area contributed by atoms with E-state index >= 15 is 0 Å². The SMILES string of the molecule is CCOc1cc(C(=O)Oc2ccc3c(=O)c(Oc4ccccc4C(C)C)coc3c2)cc(OCC)c1OCC. The number of hydrogen-bond acceptors (Lipinski definition) is 8. The zero-order valence-corrected chi connectivity index (χ0v) is 22.7. The summed E-state index contributed by atoms with van der Waals surface area (Å²) in [6.45, 7) is 10.8. The Morgan fingerprint density at radius 3 is 2.13 bits per heavy atom. The number of carbonyl (C=O) groups excluding carboxylic acids is 1. The van der Waals surface area contributed by atoms with Gasteiger partial charge >= 0.3 is 5.97 Å². The lowest BCUT2D eigenvalue weighted by atomic mass is 10.0. The van der Waals surface area contributed by atoms with E-state index in [1.807, 2.05) is 45.0 Å². The van der Waals surface area contributed by atoms with Gasteiger partial charge in [-0.2, -0.15) is 0 Å². The Labute approximate surface area is 227 Å². The van der Waals surface area contributed by atoms with Gasteiger partial charge in [0.25, 0.3) is 0 Å². The van der Waals surface area contributed by atoms with Crippen molar-refractivity contribution in [3.05, 3.63) is 82.2 Å². The monoisotopic (exact) mass is 532 g/mol. The first-order valence-electron chi connectivity index (χ1n) is 13.0. The predicted molar refractivity (Wildman–Crippen MR) is 148 cm³/mol. The van der Waals surface area contributed by atoms with Crippen molar-refractivity contribution in [1.29, 1.82) is 0 Å². The Hall–Kier alpha value is -4.46. The lowest BCUT2D eigenvalue weighted by Crippen LogP contribution is -2.11. The zero-order valence-electron chi connectivity index (χ0n) is 22.7. The van der Waals surface area contributed by atoms with Crippen molar-refractivity contribution in [2.24, 2.45) is 0 Å². The molecule has 0 atom stereocenters. The highest BCUT2D eigenvalue weighted by atomic mass is 16.5. The molecule has 0 aliphatic rings. The zero-order chi connectivity index (χ0) is 27.9. The molecule has 39 heavy (non-hydrogen) atoms. The third-order valence-electron chi connectivity index (χ3n) is 5.83. The highest BCUT2D eigenvalue weighted by Gasteiger charge is 2.20. The van der Waals surface area contributed by atoms with E-state index in [1.54, 1.807) is 18.2 Å². The number of rotatable bonds is 11. The third kappa shape index (κ3) is 6.17. The maximum atomic E-state index is 13.1. The van der Waals surface area contributed by atoms with Crippen LogP contribution in [0.15, 0.2) is 70.1 Å². The van der Waals surface area contributed by atoms with Crippen molar-refractivity contribution in [2.45, 2.75) is 40.5 Å². The maximum Gasteiger partial charge on any atom is 0.343 e. The van der Waals surface area contributed by atoms with Crippen LogP contribution in [0.5, 0.6) is 34.5 Å². The molecule has 4 rings (SSSR count). The van der Waals surface area contributed by atoms with E-state index in [0.29, 0.717) is 48.2 Å². The minimum absolute atomic E-state index is 0.0710. The molecule has 1 heterocycles. The van der Waals surface area contributed by atoms with Gasteiger partial charge in [0.15, 0.2) is 11.5 Å². The summed E-state index contributed by atoms with van der Waals surface area (Å²) >= 11 is 0. The Balaban J connectivity index is 1.61. The molecule has 0 aliphatic heterocycles. The van der Waals surface area contributed by atoms with Crippen LogP contribution in [0.2, 0.25) is 0 Å². The van der Waals surface area contributed by atoms with Crippen molar-refractivity contribution >= 4 is 16.9 Å². The Bertz CT molecular complexity index is 1490. The Morgan fingerprint density at radius 2 is 1.49 bits per heavy atom. The van der Waals surface area contributed by atoms with Crippen molar-refractivity contribution in [1.82, 2.24) is 0 Å². The van der Waals surface area contributed by atoms with Crippen LogP contribution >= 0.6 is 0 Å². The molecule has 0 saturated heterocycles. The quantitative estimate of drug-likeness (QED) is 0.149. The van der Waals surface area contributed by atoms with Crippen LogP contribution in [0.1, 0.15) is 56.5 Å². The summed E-state index contributed by atoms with van der Waals surface area (Å²) in [5, 5.41) is 0.299. The fourth-order valence-electron chi connectivity index (χ4n) is 4.07. The van der Waals surface area contributed by atoms with E-state index in [-0.39, 0.29) is 34.0 Å². The molecule has 8 heteroatoms. The topological polar surface area (TPSA) is 93.4 Å². The second-order valence-corrected chi connectivity index (χ2v) is 8.87. The highest BCUT2D eigenvalue weighted by Crippen LogP contribution is 2.39. The number of ether oxygens (including phenoxy) is 5. The molecule has 0 saturated carbocycles. The largest absolute Gasteiger partial charge is 0.490 e. The van der Waals surface area contributed by atoms with E-state index in [4.69, 9.17) is 28.1 Å². The van der Waals surface area contributed by atoms with Gasteiger partial charge in [-0.3, -0.25) is 4.79 Å². The maximum absolute atomic E-state index is 13.1. The minimum atomic E-state index is -0.633. The summed E-state index contributed by atoms with van der Waals surface area (Å²) in [5.74, 6) is 1.65. The van der Waals surface area contributed by atoms with Crippen LogP contribution < -0.4 is 29.1 Å². The molecule has 8 nitrogen and oxygen atoms in total. The first kappa shape index (κ1) is 27.6. The fraction of sp³-hybridized carbons (Fsp3) is 0.290. The molecule has 0 spiro atoms. The second kappa shape index (κ2) is 12.4. The number of esters is 1. The number of hydrogen-bond donors (Lipinski definition) is 0. The highest BCUT2D eigenvalue weighted by molar-refractivity contribution is 5.93. The van der Waals surface area contributed by atoms with Gasteiger partial charge in [-0.15, -0.1) is 0 Å². The van der Waals surface area contributed by atoms with Gasteiger partial charge in [-0.05, 0) is 62.6 Å². The first-order valence-corrected chi connectivity index (χ1v) is 13.0. The molecule has 1 aromatic heterocycles. The van der Waals surface area contributed by atoms with Gasteiger partial charge in [0.2, 0.25) is 16.9 Å². The second-order valence-electron chi connectivity index (χ2n) is 8.87. The molecule has 0 N–H and O–H groups in total.